The van der Waals surface area contributed by atoms with Crippen molar-refractivity contribution in [2.24, 2.45) is 0 Å². The summed E-state index contributed by atoms with van der Waals surface area (Å²) in [5, 5.41) is 8.66. The van der Waals surface area contributed by atoms with Gasteiger partial charge in [0.2, 0.25) is 0 Å². The van der Waals surface area contributed by atoms with Crippen LogP contribution in [0.5, 0.6) is 0 Å². The minimum Gasteiger partial charge on any atom is -0.376 e. The van der Waals surface area contributed by atoms with Crippen molar-refractivity contribution in [2.45, 2.75) is 64.6 Å². The van der Waals surface area contributed by atoms with Gasteiger partial charge in [-0.2, -0.15) is 0 Å². The fraction of sp³-hybridized carbons (Fsp3) is 0.579. The fourth-order valence-electron chi connectivity index (χ4n) is 2.64. The Hall–Kier alpha value is -2.08. The zero-order valence-electron chi connectivity index (χ0n) is 15.5. The highest BCUT2D eigenvalue weighted by molar-refractivity contribution is 5.96. The lowest BCUT2D eigenvalue weighted by Gasteiger charge is -2.24. The number of amides is 3. The predicted molar refractivity (Wildman–Crippen MR) is 98.9 cm³/mol. The largest absolute Gasteiger partial charge is 0.376 e. The van der Waals surface area contributed by atoms with E-state index in [0.717, 1.165) is 25.9 Å². The number of anilines is 1. The van der Waals surface area contributed by atoms with E-state index in [4.69, 9.17) is 4.74 Å². The molecule has 0 spiro atoms. The Morgan fingerprint density at radius 3 is 2.52 bits per heavy atom. The Kier molecular flexibility index (Phi) is 6.42. The second-order valence-corrected chi connectivity index (χ2v) is 7.21. The monoisotopic (exact) mass is 347 g/mol. The van der Waals surface area contributed by atoms with E-state index in [-0.39, 0.29) is 29.6 Å². The van der Waals surface area contributed by atoms with Crippen LogP contribution in [0.1, 0.15) is 57.3 Å². The lowest BCUT2D eigenvalue weighted by molar-refractivity contribution is 0.0868. The summed E-state index contributed by atoms with van der Waals surface area (Å²) in [5.41, 5.74) is 0.968. The summed E-state index contributed by atoms with van der Waals surface area (Å²) in [6, 6.07) is 6.56. The van der Waals surface area contributed by atoms with Crippen molar-refractivity contribution in [3.05, 3.63) is 29.8 Å². The normalized spacial score (nSPS) is 18.5. The first kappa shape index (κ1) is 19.2. The summed E-state index contributed by atoms with van der Waals surface area (Å²) in [6.45, 7) is 8.71. The minimum atomic E-state index is -0.271. The van der Waals surface area contributed by atoms with Gasteiger partial charge < -0.3 is 20.7 Å². The second kappa shape index (κ2) is 8.34. The lowest BCUT2D eigenvalue weighted by Crippen LogP contribution is -2.43. The van der Waals surface area contributed by atoms with Crippen LogP contribution in [0.4, 0.5) is 10.5 Å². The molecule has 6 heteroatoms. The Morgan fingerprint density at radius 2 is 1.96 bits per heavy atom. The highest BCUT2D eigenvalue weighted by Crippen LogP contribution is 2.16. The number of carbonyl (C=O) groups excluding carboxylic acids is 2. The third-order valence-electron chi connectivity index (χ3n) is 4.62. The molecule has 25 heavy (non-hydrogen) atoms. The zero-order chi connectivity index (χ0) is 18.4. The van der Waals surface area contributed by atoms with Crippen LogP contribution in [0.25, 0.3) is 0 Å². The summed E-state index contributed by atoms with van der Waals surface area (Å²) in [5.74, 6) is -0.116. The van der Waals surface area contributed by atoms with Crippen LogP contribution in [0.2, 0.25) is 0 Å². The van der Waals surface area contributed by atoms with Crippen LogP contribution < -0.4 is 16.0 Å². The van der Waals surface area contributed by atoms with Crippen LogP contribution >= 0.6 is 0 Å². The molecule has 1 heterocycles. The molecule has 0 aliphatic carbocycles. The predicted octanol–water partition coefficient (Wildman–Crippen LogP) is 3.29. The second-order valence-electron chi connectivity index (χ2n) is 7.21. The molecule has 3 N–H and O–H groups in total. The molecule has 138 valence electrons. The van der Waals surface area contributed by atoms with E-state index in [0.29, 0.717) is 11.3 Å². The summed E-state index contributed by atoms with van der Waals surface area (Å²) in [4.78, 5) is 24.3. The molecule has 1 aromatic rings. The number of ether oxygens (including phenoxy) is 1. The van der Waals surface area contributed by atoms with Crippen LogP contribution in [0.3, 0.4) is 0 Å². The third kappa shape index (κ3) is 5.74. The number of benzene rings is 1. The molecule has 1 aliphatic rings. The van der Waals surface area contributed by atoms with Crippen molar-refractivity contribution in [3.63, 3.8) is 0 Å². The molecule has 1 saturated heterocycles. The Balaban J connectivity index is 1.87. The molecule has 0 aromatic heterocycles. The van der Waals surface area contributed by atoms with Crippen molar-refractivity contribution in [1.29, 1.82) is 0 Å². The van der Waals surface area contributed by atoms with Crippen molar-refractivity contribution in [1.82, 2.24) is 10.6 Å². The average Bonchev–Trinajstić information content (AvgIpc) is 3.09. The van der Waals surface area contributed by atoms with Crippen molar-refractivity contribution in [3.8, 4) is 0 Å². The minimum absolute atomic E-state index is 0.0381. The van der Waals surface area contributed by atoms with Crippen LogP contribution in [-0.4, -0.2) is 36.2 Å². The molecule has 3 amide bonds. The maximum absolute atomic E-state index is 12.2. The van der Waals surface area contributed by atoms with Crippen molar-refractivity contribution < 1.29 is 14.3 Å². The SMILES string of the molecule is CCC(C)(C)NC(=O)c1ccc(NC(=O)N[C@H](C)[C@@H]2CCCO2)cc1. The van der Waals surface area contributed by atoms with E-state index in [9.17, 15) is 9.59 Å². The third-order valence-corrected chi connectivity index (χ3v) is 4.62. The molecule has 2 rings (SSSR count). The number of nitrogens with one attached hydrogen (secondary N) is 3. The highest BCUT2D eigenvalue weighted by atomic mass is 16.5. The average molecular weight is 347 g/mol. The molecule has 0 unspecified atom stereocenters. The number of urea groups is 1. The molecule has 1 aromatic carbocycles. The van der Waals surface area contributed by atoms with Gasteiger partial charge in [-0.3, -0.25) is 4.79 Å². The summed E-state index contributed by atoms with van der Waals surface area (Å²) in [6.07, 6.45) is 2.94. The number of hydrogen-bond acceptors (Lipinski definition) is 3. The molecule has 2 atom stereocenters. The Morgan fingerprint density at radius 1 is 1.28 bits per heavy atom. The smallest absolute Gasteiger partial charge is 0.319 e. The molecule has 0 saturated carbocycles. The van der Waals surface area contributed by atoms with Gasteiger partial charge in [0.15, 0.2) is 0 Å². The molecular weight excluding hydrogens is 318 g/mol. The van der Waals surface area contributed by atoms with Crippen LogP contribution in [-0.2, 0) is 4.74 Å². The van der Waals surface area contributed by atoms with E-state index in [1.807, 2.05) is 27.7 Å². The van der Waals surface area contributed by atoms with Gasteiger partial charge in [0.05, 0.1) is 12.1 Å². The van der Waals surface area contributed by atoms with Gasteiger partial charge in [0, 0.05) is 23.4 Å². The molecule has 6 nitrogen and oxygen atoms in total. The maximum Gasteiger partial charge on any atom is 0.319 e. The standard InChI is InChI=1S/C19H29N3O3/c1-5-19(3,4)22-17(23)14-8-10-15(11-9-14)21-18(24)20-13(2)16-7-6-12-25-16/h8-11,13,16H,5-7,12H2,1-4H3,(H,22,23)(H2,20,21,24)/t13-,16+/m1/s1. The molecule has 0 bridgehead atoms. The number of rotatable bonds is 6. The van der Waals surface area contributed by atoms with Crippen LogP contribution in [0.15, 0.2) is 24.3 Å². The topological polar surface area (TPSA) is 79.5 Å². The summed E-state index contributed by atoms with van der Waals surface area (Å²) >= 11 is 0. The first-order valence-electron chi connectivity index (χ1n) is 8.92. The quantitative estimate of drug-likeness (QED) is 0.739. The van der Waals surface area contributed by atoms with Crippen molar-refractivity contribution in [2.75, 3.05) is 11.9 Å². The molecule has 0 radical (unpaired) electrons. The van der Waals surface area contributed by atoms with Gasteiger partial charge in [-0.25, -0.2) is 4.79 Å². The van der Waals surface area contributed by atoms with Gasteiger partial charge >= 0.3 is 6.03 Å². The molecule has 1 aliphatic heterocycles. The maximum atomic E-state index is 12.2. The van der Waals surface area contributed by atoms with Gasteiger partial charge in [-0.1, -0.05) is 6.92 Å². The summed E-state index contributed by atoms with van der Waals surface area (Å²) in [7, 11) is 0. The Labute approximate surface area is 149 Å². The van der Waals surface area contributed by atoms with E-state index in [1.54, 1.807) is 24.3 Å². The molecular formula is C19H29N3O3. The van der Waals surface area contributed by atoms with Crippen LogP contribution in [0, 0.1) is 0 Å². The highest BCUT2D eigenvalue weighted by Gasteiger charge is 2.23. The van der Waals surface area contributed by atoms with E-state index in [1.165, 1.54) is 0 Å². The molecule has 1 fully saturated rings. The first-order chi connectivity index (χ1) is 11.8. The van der Waals surface area contributed by atoms with Gasteiger partial charge in [0.25, 0.3) is 5.91 Å². The van der Waals surface area contributed by atoms with Gasteiger partial charge in [-0.15, -0.1) is 0 Å². The number of hydrogen-bond donors (Lipinski definition) is 3. The van der Waals surface area contributed by atoms with Gasteiger partial charge in [-0.05, 0) is 64.3 Å². The first-order valence-corrected chi connectivity index (χ1v) is 8.92. The van der Waals surface area contributed by atoms with E-state index in [2.05, 4.69) is 16.0 Å². The van der Waals surface area contributed by atoms with E-state index >= 15 is 0 Å². The number of carbonyl (C=O) groups is 2. The van der Waals surface area contributed by atoms with Crippen molar-refractivity contribution >= 4 is 17.6 Å². The van der Waals surface area contributed by atoms with E-state index < -0.39 is 0 Å². The Bertz CT molecular complexity index is 592. The fourth-order valence-corrected chi connectivity index (χ4v) is 2.64. The van der Waals surface area contributed by atoms with Gasteiger partial charge in [0.1, 0.15) is 0 Å². The zero-order valence-corrected chi connectivity index (χ0v) is 15.5. The lowest BCUT2D eigenvalue weighted by atomic mass is 10.0. The summed E-state index contributed by atoms with van der Waals surface area (Å²) < 4.78 is 5.57.